The van der Waals surface area contributed by atoms with Crippen LogP contribution in [0.4, 0.5) is 11.4 Å². The van der Waals surface area contributed by atoms with Crippen molar-refractivity contribution in [2.45, 2.75) is 0 Å². The molecule has 0 saturated carbocycles. The van der Waals surface area contributed by atoms with Gasteiger partial charge in [-0.05, 0) is 56.3 Å². The summed E-state index contributed by atoms with van der Waals surface area (Å²) in [6.07, 6.45) is 0. The van der Waals surface area contributed by atoms with Gasteiger partial charge in [0.2, 0.25) is 0 Å². The van der Waals surface area contributed by atoms with Crippen molar-refractivity contribution < 1.29 is 0 Å². The standard InChI is InChI=1S/C32H24N2/c33-29-17-9-16-26-24(29)18-19-27(31(26)21-10-3-1-4-11-21)28-20-30(34)23-14-7-8-15-25(23)32(28)22-12-5-2-6-13-22/h1-20H,33-34H2. The number of fused-ring (bicyclic) bond motifs is 2. The van der Waals surface area contributed by atoms with Crippen molar-refractivity contribution in [3.8, 4) is 33.4 Å². The fraction of sp³-hybridized carbons (Fsp3) is 0. The Morgan fingerprint density at radius 3 is 1.50 bits per heavy atom. The van der Waals surface area contributed by atoms with E-state index in [0.29, 0.717) is 0 Å². The summed E-state index contributed by atoms with van der Waals surface area (Å²) in [7, 11) is 0. The van der Waals surface area contributed by atoms with Crippen LogP contribution in [-0.4, -0.2) is 0 Å². The van der Waals surface area contributed by atoms with E-state index in [1.54, 1.807) is 0 Å². The molecular weight excluding hydrogens is 412 g/mol. The highest BCUT2D eigenvalue weighted by molar-refractivity contribution is 6.14. The minimum absolute atomic E-state index is 0.775. The SMILES string of the molecule is Nc1cccc2c(-c3ccccc3)c(-c3cc(N)c4ccccc4c3-c3ccccc3)ccc12. The minimum Gasteiger partial charge on any atom is -0.398 e. The van der Waals surface area contributed by atoms with Crippen molar-refractivity contribution in [1.82, 2.24) is 0 Å². The van der Waals surface area contributed by atoms with E-state index in [4.69, 9.17) is 11.5 Å². The molecular formula is C32H24N2. The summed E-state index contributed by atoms with van der Waals surface area (Å²) in [5.41, 5.74) is 21.5. The fourth-order valence-electron chi connectivity index (χ4n) is 5.05. The third-order valence-corrected chi connectivity index (χ3v) is 6.59. The van der Waals surface area contributed by atoms with Gasteiger partial charge in [-0.25, -0.2) is 0 Å². The molecule has 0 aromatic heterocycles. The predicted octanol–water partition coefficient (Wildman–Crippen LogP) is 8.16. The first kappa shape index (κ1) is 20.1. The molecule has 0 heterocycles. The van der Waals surface area contributed by atoms with Crippen LogP contribution in [0, 0.1) is 0 Å². The number of hydrogen-bond donors (Lipinski definition) is 2. The molecule has 0 fully saturated rings. The topological polar surface area (TPSA) is 52.0 Å². The summed E-state index contributed by atoms with van der Waals surface area (Å²) in [6.45, 7) is 0. The Hall–Kier alpha value is -4.56. The normalized spacial score (nSPS) is 11.2. The average Bonchev–Trinajstić information content (AvgIpc) is 2.89. The Kier molecular flexibility index (Phi) is 4.78. The molecule has 34 heavy (non-hydrogen) atoms. The Morgan fingerprint density at radius 2 is 0.853 bits per heavy atom. The fourth-order valence-corrected chi connectivity index (χ4v) is 5.05. The molecule has 0 amide bonds. The third-order valence-electron chi connectivity index (χ3n) is 6.59. The molecule has 6 aromatic carbocycles. The molecule has 0 aliphatic heterocycles. The third kappa shape index (κ3) is 3.20. The van der Waals surface area contributed by atoms with Crippen molar-refractivity contribution in [3.05, 3.63) is 121 Å². The molecule has 2 heteroatoms. The van der Waals surface area contributed by atoms with Gasteiger partial charge in [-0.3, -0.25) is 0 Å². The lowest BCUT2D eigenvalue weighted by Gasteiger charge is -2.20. The monoisotopic (exact) mass is 436 g/mol. The van der Waals surface area contributed by atoms with Crippen LogP contribution >= 0.6 is 0 Å². The largest absolute Gasteiger partial charge is 0.398 e. The van der Waals surface area contributed by atoms with Crippen LogP contribution in [-0.2, 0) is 0 Å². The van der Waals surface area contributed by atoms with E-state index in [0.717, 1.165) is 55.2 Å². The van der Waals surface area contributed by atoms with Gasteiger partial charge < -0.3 is 11.5 Å². The molecule has 0 bridgehead atoms. The van der Waals surface area contributed by atoms with Gasteiger partial charge in [-0.1, -0.05) is 109 Å². The summed E-state index contributed by atoms with van der Waals surface area (Å²) < 4.78 is 0. The molecule has 0 atom stereocenters. The molecule has 4 N–H and O–H groups in total. The zero-order valence-corrected chi connectivity index (χ0v) is 18.7. The quantitative estimate of drug-likeness (QED) is 0.275. The van der Waals surface area contributed by atoms with Crippen LogP contribution in [0.3, 0.4) is 0 Å². The van der Waals surface area contributed by atoms with Gasteiger partial charge in [0.25, 0.3) is 0 Å². The van der Waals surface area contributed by atoms with Crippen LogP contribution in [0.2, 0.25) is 0 Å². The molecule has 0 radical (unpaired) electrons. The molecule has 0 spiro atoms. The van der Waals surface area contributed by atoms with Gasteiger partial charge in [0.15, 0.2) is 0 Å². The van der Waals surface area contributed by atoms with E-state index in [1.807, 2.05) is 24.3 Å². The van der Waals surface area contributed by atoms with Crippen LogP contribution in [0.5, 0.6) is 0 Å². The highest BCUT2D eigenvalue weighted by Gasteiger charge is 2.19. The van der Waals surface area contributed by atoms with Crippen LogP contribution in [0.15, 0.2) is 121 Å². The van der Waals surface area contributed by atoms with Gasteiger partial charge >= 0.3 is 0 Å². The van der Waals surface area contributed by atoms with Gasteiger partial charge in [0.1, 0.15) is 0 Å². The van der Waals surface area contributed by atoms with Crippen LogP contribution < -0.4 is 11.5 Å². The summed E-state index contributed by atoms with van der Waals surface area (Å²) in [6, 6.07) is 42.1. The van der Waals surface area contributed by atoms with Crippen molar-refractivity contribution in [2.24, 2.45) is 0 Å². The second-order valence-electron chi connectivity index (χ2n) is 8.60. The molecule has 0 unspecified atom stereocenters. The first-order valence-electron chi connectivity index (χ1n) is 11.5. The lowest BCUT2D eigenvalue weighted by atomic mass is 9.84. The van der Waals surface area contributed by atoms with Crippen molar-refractivity contribution in [2.75, 3.05) is 11.5 Å². The van der Waals surface area contributed by atoms with E-state index < -0.39 is 0 Å². The molecule has 0 saturated heterocycles. The Labute approximate surface area is 199 Å². The summed E-state index contributed by atoms with van der Waals surface area (Å²) in [5, 5.41) is 4.40. The number of nitrogens with two attached hydrogens (primary N) is 2. The molecule has 6 rings (SSSR count). The lowest BCUT2D eigenvalue weighted by Crippen LogP contribution is -1.96. The van der Waals surface area contributed by atoms with Gasteiger partial charge in [0, 0.05) is 22.1 Å². The Balaban J connectivity index is 1.79. The van der Waals surface area contributed by atoms with Crippen LogP contribution in [0.1, 0.15) is 0 Å². The lowest BCUT2D eigenvalue weighted by molar-refractivity contribution is 1.60. The minimum atomic E-state index is 0.775. The van der Waals surface area contributed by atoms with E-state index in [9.17, 15) is 0 Å². The van der Waals surface area contributed by atoms with Gasteiger partial charge in [-0.2, -0.15) is 0 Å². The Morgan fingerprint density at radius 1 is 0.353 bits per heavy atom. The summed E-state index contributed by atoms with van der Waals surface area (Å²) >= 11 is 0. The smallest absolute Gasteiger partial charge is 0.0400 e. The molecule has 0 aliphatic rings. The van der Waals surface area contributed by atoms with Crippen molar-refractivity contribution in [3.63, 3.8) is 0 Å². The highest BCUT2D eigenvalue weighted by atomic mass is 14.6. The maximum Gasteiger partial charge on any atom is 0.0400 e. The van der Waals surface area contributed by atoms with E-state index >= 15 is 0 Å². The first-order chi connectivity index (χ1) is 16.7. The van der Waals surface area contributed by atoms with Crippen molar-refractivity contribution in [1.29, 1.82) is 0 Å². The number of anilines is 2. The zero-order chi connectivity index (χ0) is 23.1. The van der Waals surface area contributed by atoms with E-state index in [-0.39, 0.29) is 0 Å². The van der Waals surface area contributed by atoms with Gasteiger partial charge in [0.05, 0.1) is 0 Å². The second-order valence-corrected chi connectivity index (χ2v) is 8.60. The summed E-state index contributed by atoms with van der Waals surface area (Å²) in [4.78, 5) is 0. The number of rotatable bonds is 3. The zero-order valence-electron chi connectivity index (χ0n) is 18.7. The van der Waals surface area contributed by atoms with Crippen molar-refractivity contribution >= 4 is 32.9 Å². The van der Waals surface area contributed by atoms with E-state index in [2.05, 4.69) is 97.1 Å². The number of hydrogen-bond acceptors (Lipinski definition) is 2. The Bertz CT molecular complexity index is 1650. The van der Waals surface area contributed by atoms with E-state index in [1.165, 1.54) is 11.1 Å². The highest BCUT2D eigenvalue weighted by Crippen LogP contribution is 2.46. The summed E-state index contributed by atoms with van der Waals surface area (Å²) in [5.74, 6) is 0. The first-order valence-corrected chi connectivity index (χ1v) is 11.5. The average molecular weight is 437 g/mol. The molecule has 6 aromatic rings. The number of nitrogen functional groups attached to an aromatic ring is 2. The maximum atomic E-state index is 6.65. The second kappa shape index (κ2) is 8.09. The maximum absolute atomic E-state index is 6.65. The molecule has 162 valence electrons. The van der Waals surface area contributed by atoms with Gasteiger partial charge in [-0.15, -0.1) is 0 Å². The van der Waals surface area contributed by atoms with Crippen LogP contribution in [0.25, 0.3) is 54.9 Å². The number of benzene rings is 6. The molecule has 0 aliphatic carbocycles. The predicted molar refractivity (Wildman–Crippen MR) is 147 cm³/mol. The molecule has 2 nitrogen and oxygen atoms in total.